The van der Waals surface area contributed by atoms with Gasteiger partial charge in [-0.3, -0.25) is 19.7 Å². The lowest BCUT2D eigenvalue weighted by molar-refractivity contribution is -0.133. The molecule has 8 nitrogen and oxygen atoms in total. The summed E-state index contributed by atoms with van der Waals surface area (Å²) in [7, 11) is 0. The van der Waals surface area contributed by atoms with Gasteiger partial charge in [-0.15, -0.1) is 0 Å². The molecule has 0 aromatic carbocycles. The third-order valence-corrected chi connectivity index (χ3v) is 9.20. The van der Waals surface area contributed by atoms with Crippen molar-refractivity contribution >= 4 is 28.8 Å². The smallest absolute Gasteiger partial charge is 0.246 e. The van der Waals surface area contributed by atoms with Crippen LogP contribution < -0.4 is 10.2 Å². The molecule has 5 rings (SSSR count). The summed E-state index contributed by atoms with van der Waals surface area (Å²) in [6.45, 7) is 17.9. The van der Waals surface area contributed by atoms with Crippen LogP contribution in [0.5, 0.6) is 0 Å². The standard InChI is InChI=1S/C34H47N7O/c1-6-15-35-25(5)33-24(4)29(38-34-28(7-2)31(12-16-36-34)40-17-10-9-11-18-40)21-30(37-33)26-13-19-39(20-14-26)27-22-41(23-27)32(42)8-3/h6,8,12,15-16,21,26-27H,3,7,9-11,13-14,17-20,22-23H2,1-2,4-5H3,(H,36,37,38)/b15-6-,35-25?. The van der Waals surface area contributed by atoms with Crippen LogP contribution in [0.1, 0.15) is 81.3 Å². The number of rotatable bonds is 9. The zero-order chi connectivity index (χ0) is 29.6. The molecule has 8 heteroatoms. The number of nitrogens with zero attached hydrogens (tertiary/aromatic N) is 6. The molecular weight excluding hydrogens is 522 g/mol. The van der Waals surface area contributed by atoms with E-state index < -0.39 is 0 Å². The van der Waals surface area contributed by atoms with Crippen LogP contribution in [0.3, 0.4) is 0 Å². The summed E-state index contributed by atoms with van der Waals surface area (Å²) < 4.78 is 0. The second-order valence-corrected chi connectivity index (χ2v) is 11.9. The number of carbonyl (C=O) groups excluding carboxylic acids is 1. The Morgan fingerprint density at radius 2 is 1.90 bits per heavy atom. The summed E-state index contributed by atoms with van der Waals surface area (Å²) in [4.78, 5) is 33.6. The molecular formula is C34H47N7O. The van der Waals surface area contributed by atoms with Crippen molar-refractivity contribution in [3.8, 4) is 0 Å². The predicted octanol–water partition coefficient (Wildman–Crippen LogP) is 6.00. The van der Waals surface area contributed by atoms with Crippen LogP contribution in [0, 0.1) is 6.92 Å². The highest BCUT2D eigenvalue weighted by atomic mass is 16.2. The Morgan fingerprint density at radius 3 is 2.57 bits per heavy atom. The minimum absolute atomic E-state index is 0.0367. The summed E-state index contributed by atoms with van der Waals surface area (Å²) >= 11 is 0. The Kier molecular flexibility index (Phi) is 9.73. The zero-order valence-electron chi connectivity index (χ0n) is 25.9. The Labute approximate surface area is 251 Å². The zero-order valence-corrected chi connectivity index (χ0v) is 25.9. The number of nitrogens with one attached hydrogen (secondary N) is 1. The lowest BCUT2D eigenvalue weighted by Crippen LogP contribution is -2.61. The normalized spacial score (nSPS) is 19.3. The number of aromatic nitrogens is 2. The van der Waals surface area contributed by atoms with Gasteiger partial charge in [0, 0.05) is 78.7 Å². The van der Waals surface area contributed by atoms with Crippen molar-refractivity contribution in [2.75, 3.05) is 49.5 Å². The maximum absolute atomic E-state index is 11.9. The fourth-order valence-corrected chi connectivity index (χ4v) is 6.62. The highest BCUT2D eigenvalue weighted by molar-refractivity contribution is 6.00. The third-order valence-electron chi connectivity index (χ3n) is 9.20. The summed E-state index contributed by atoms with van der Waals surface area (Å²) in [5.41, 5.74) is 7.72. The first kappa shape index (κ1) is 30.0. The van der Waals surface area contributed by atoms with Crippen molar-refractivity contribution < 1.29 is 4.79 Å². The molecule has 0 aliphatic carbocycles. The van der Waals surface area contributed by atoms with Crippen molar-refractivity contribution in [3.63, 3.8) is 0 Å². The van der Waals surface area contributed by atoms with E-state index in [1.807, 2.05) is 37.2 Å². The molecule has 3 saturated heterocycles. The van der Waals surface area contributed by atoms with E-state index in [9.17, 15) is 4.79 Å². The van der Waals surface area contributed by atoms with Gasteiger partial charge in [0.15, 0.2) is 0 Å². The minimum Gasteiger partial charge on any atom is -0.371 e. The molecule has 0 saturated carbocycles. The predicted molar refractivity (Wildman–Crippen MR) is 173 cm³/mol. The van der Waals surface area contributed by atoms with Gasteiger partial charge in [0.1, 0.15) is 5.82 Å². The number of hydrogen-bond acceptors (Lipinski definition) is 7. The molecule has 0 radical (unpaired) electrons. The number of pyridine rings is 2. The Hall–Kier alpha value is -3.52. The van der Waals surface area contributed by atoms with Crippen molar-refractivity contribution in [3.05, 3.63) is 65.8 Å². The summed E-state index contributed by atoms with van der Waals surface area (Å²) in [5.74, 6) is 1.35. The number of likely N-dealkylation sites (tertiary alicyclic amines) is 2. The van der Waals surface area contributed by atoms with Crippen LogP contribution in [-0.4, -0.2) is 76.7 Å². The molecule has 0 atom stereocenters. The quantitative estimate of drug-likeness (QED) is 0.295. The van der Waals surface area contributed by atoms with Gasteiger partial charge in [-0.2, -0.15) is 0 Å². The second kappa shape index (κ2) is 13.6. The molecule has 1 amide bonds. The maximum atomic E-state index is 11.9. The van der Waals surface area contributed by atoms with Crippen LogP contribution in [0.4, 0.5) is 17.2 Å². The first-order valence-electron chi connectivity index (χ1n) is 15.8. The van der Waals surface area contributed by atoms with E-state index in [0.717, 1.165) is 92.7 Å². The lowest BCUT2D eigenvalue weighted by Gasteiger charge is -2.47. The second-order valence-electron chi connectivity index (χ2n) is 11.9. The summed E-state index contributed by atoms with van der Waals surface area (Å²) in [5, 5.41) is 3.76. The van der Waals surface area contributed by atoms with E-state index in [-0.39, 0.29) is 5.91 Å². The average molecular weight is 570 g/mol. The van der Waals surface area contributed by atoms with Gasteiger partial charge in [-0.25, -0.2) is 4.98 Å². The Morgan fingerprint density at radius 1 is 1.17 bits per heavy atom. The number of piperidine rings is 2. The van der Waals surface area contributed by atoms with Crippen LogP contribution in [0.2, 0.25) is 0 Å². The maximum Gasteiger partial charge on any atom is 0.246 e. The van der Waals surface area contributed by atoms with Gasteiger partial charge in [-0.1, -0.05) is 19.6 Å². The van der Waals surface area contributed by atoms with Crippen LogP contribution in [0.15, 0.2) is 48.3 Å². The fraction of sp³-hybridized carbons (Fsp3) is 0.529. The molecule has 42 heavy (non-hydrogen) atoms. The largest absolute Gasteiger partial charge is 0.371 e. The SMILES string of the molecule is C=CC(=O)N1CC(N2CCC(c3cc(Nc4nccc(N5CCCCC5)c4CC)c(C)c(C(C)=N/C=C\C)n3)CC2)C1. The first-order chi connectivity index (χ1) is 20.4. The number of aliphatic imine (C=N–C) groups is 1. The molecule has 3 fully saturated rings. The number of carbonyl (C=O) groups is 1. The highest BCUT2D eigenvalue weighted by Gasteiger charge is 2.36. The number of allylic oxidation sites excluding steroid dienone is 1. The van der Waals surface area contributed by atoms with Gasteiger partial charge in [0.25, 0.3) is 0 Å². The van der Waals surface area contributed by atoms with Crippen molar-refractivity contribution in [1.29, 1.82) is 0 Å². The van der Waals surface area contributed by atoms with Gasteiger partial charge >= 0.3 is 0 Å². The minimum atomic E-state index is 0.0367. The van der Waals surface area contributed by atoms with E-state index in [1.54, 1.807) is 0 Å². The Balaban J connectivity index is 1.40. The first-order valence-corrected chi connectivity index (χ1v) is 15.8. The fourth-order valence-electron chi connectivity index (χ4n) is 6.62. The molecule has 3 aliphatic heterocycles. The van der Waals surface area contributed by atoms with Gasteiger partial charge in [0.05, 0.1) is 11.4 Å². The monoisotopic (exact) mass is 569 g/mol. The molecule has 0 spiro atoms. The summed E-state index contributed by atoms with van der Waals surface area (Å²) in [6.07, 6.45) is 14.0. The lowest BCUT2D eigenvalue weighted by atomic mass is 9.90. The average Bonchev–Trinajstić information content (AvgIpc) is 3.00. The van der Waals surface area contributed by atoms with E-state index in [4.69, 9.17) is 9.97 Å². The molecule has 2 aromatic rings. The van der Waals surface area contributed by atoms with E-state index in [2.05, 4.69) is 52.7 Å². The third kappa shape index (κ3) is 6.43. The van der Waals surface area contributed by atoms with Crippen molar-refractivity contribution in [2.45, 2.75) is 78.2 Å². The molecule has 5 heterocycles. The number of hydrogen-bond donors (Lipinski definition) is 1. The molecule has 0 unspecified atom stereocenters. The topological polar surface area (TPSA) is 77.0 Å². The molecule has 224 valence electrons. The molecule has 3 aliphatic rings. The summed E-state index contributed by atoms with van der Waals surface area (Å²) in [6, 6.07) is 4.89. The molecule has 1 N–H and O–H groups in total. The molecule has 0 bridgehead atoms. The van der Waals surface area contributed by atoms with Crippen LogP contribution in [-0.2, 0) is 11.2 Å². The van der Waals surface area contributed by atoms with Crippen molar-refractivity contribution in [2.24, 2.45) is 4.99 Å². The number of amides is 1. The van der Waals surface area contributed by atoms with Gasteiger partial charge in [-0.05, 0) is 90.6 Å². The molecule has 2 aromatic heterocycles. The van der Waals surface area contributed by atoms with Gasteiger partial charge < -0.3 is 15.1 Å². The van der Waals surface area contributed by atoms with E-state index in [0.29, 0.717) is 12.0 Å². The number of anilines is 3. The Bertz CT molecular complexity index is 1330. The van der Waals surface area contributed by atoms with Crippen molar-refractivity contribution in [1.82, 2.24) is 19.8 Å². The van der Waals surface area contributed by atoms with E-state index >= 15 is 0 Å². The highest BCUT2D eigenvalue weighted by Crippen LogP contribution is 2.35. The van der Waals surface area contributed by atoms with Crippen LogP contribution >= 0.6 is 0 Å². The van der Waals surface area contributed by atoms with E-state index in [1.165, 1.54) is 36.6 Å². The van der Waals surface area contributed by atoms with Gasteiger partial charge in [0.2, 0.25) is 5.91 Å². The van der Waals surface area contributed by atoms with Crippen LogP contribution in [0.25, 0.3) is 0 Å².